The molecule has 2 aliphatic heterocycles. The van der Waals surface area contributed by atoms with E-state index in [-0.39, 0.29) is 25.9 Å². The molecule has 3 fully saturated rings. The number of benzene rings is 1. The van der Waals surface area contributed by atoms with Crippen LogP contribution in [0.5, 0.6) is 0 Å². The summed E-state index contributed by atoms with van der Waals surface area (Å²) in [6, 6.07) is 5.93. The monoisotopic (exact) mass is 542 g/mol. The van der Waals surface area contributed by atoms with Crippen LogP contribution in [0.4, 0.5) is 26.0 Å². The van der Waals surface area contributed by atoms with Crippen LogP contribution in [0.3, 0.4) is 0 Å². The third kappa shape index (κ3) is 5.23. The van der Waals surface area contributed by atoms with Crippen molar-refractivity contribution in [3.05, 3.63) is 36.8 Å². The van der Waals surface area contributed by atoms with Gasteiger partial charge in [0.25, 0.3) is 5.92 Å². The fourth-order valence-corrected chi connectivity index (χ4v) is 5.86. The molecule has 0 radical (unpaired) electrons. The molecule has 3 aromatic rings. The number of alkyl halides is 2. The molecule has 38 heavy (non-hydrogen) atoms. The highest BCUT2D eigenvalue weighted by Gasteiger charge is 2.44. The Hall–Kier alpha value is -3.15. The summed E-state index contributed by atoms with van der Waals surface area (Å²) in [7, 11) is -1.14. The molecule has 1 N–H and O–H groups in total. The molecule has 0 bridgehead atoms. The average molecular weight is 543 g/mol. The van der Waals surface area contributed by atoms with Crippen molar-refractivity contribution in [2.45, 2.75) is 51.4 Å². The highest BCUT2D eigenvalue weighted by Crippen LogP contribution is 2.54. The maximum absolute atomic E-state index is 13.6. The summed E-state index contributed by atoms with van der Waals surface area (Å²) in [6.45, 7) is 4.30. The molecule has 2 saturated heterocycles. The van der Waals surface area contributed by atoms with Gasteiger partial charge in [0.2, 0.25) is 0 Å². The smallest absolute Gasteiger partial charge is 0.251 e. The first kappa shape index (κ1) is 25.1. The number of nitrogens with zero attached hydrogens (tertiary/aromatic N) is 7. The Bertz CT molecular complexity index is 1320. The molecule has 1 aromatic carbocycles. The Labute approximate surface area is 223 Å². The van der Waals surface area contributed by atoms with Crippen molar-refractivity contribution in [1.82, 2.24) is 25.0 Å². The van der Waals surface area contributed by atoms with Gasteiger partial charge in [-0.25, -0.2) is 22.7 Å². The standard InChI is InChI=1S/C26H32F2N8OS/c1-2-38(37)32-19-3-4-22(23(15-19)34-11-7-25(5-6-25)8-12-34)36-18-21(31-33-36)20-16-29-17-24(30-20)35-13-9-26(27,28)10-14-35/h3-4,15-18,32H,2,5-14H2,1H3. The van der Waals surface area contributed by atoms with Gasteiger partial charge in [-0.05, 0) is 49.3 Å². The number of piperidine rings is 2. The summed E-state index contributed by atoms with van der Waals surface area (Å²) in [5.74, 6) is -1.53. The number of aromatic nitrogens is 5. The Kier molecular flexibility index (Phi) is 6.53. The predicted octanol–water partition coefficient (Wildman–Crippen LogP) is 4.44. The minimum atomic E-state index is -2.62. The predicted molar refractivity (Wildman–Crippen MR) is 144 cm³/mol. The SMILES string of the molecule is CCS(=O)Nc1ccc(-n2cc(-c3cncc(N4CCC(F)(F)CC4)n3)nn2)c(N2CCC3(CC2)CC3)c1. The molecule has 1 atom stereocenters. The Morgan fingerprint density at radius 2 is 1.68 bits per heavy atom. The lowest BCUT2D eigenvalue weighted by atomic mass is 9.93. The highest BCUT2D eigenvalue weighted by atomic mass is 32.2. The van der Waals surface area contributed by atoms with E-state index in [4.69, 9.17) is 0 Å². The maximum atomic E-state index is 13.6. The van der Waals surface area contributed by atoms with Gasteiger partial charge in [-0.1, -0.05) is 12.1 Å². The third-order valence-corrected chi connectivity index (χ3v) is 9.02. The van der Waals surface area contributed by atoms with Crippen LogP contribution in [0.1, 0.15) is 45.4 Å². The zero-order valence-corrected chi connectivity index (χ0v) is 22.3. The first-order chi connectivity index (χ1) is 18.3. The lowest BCUT2D eigenvalue weighted by molar-refractivity contribution is -0.0221. The van der Waals surface area contributed by atoms with E-state index in [9.17, 15) is 13.0 Å². The van der Waals surface area contributed by atoms with Gasteiger partial charge in [-0.15, -0.1) is 5.10 Å². The Balaban J connectivity index is 1.27. The van der Waals surface area contributed by atoms with Crippen LogP contribution in [0, 0.1) is 5.41 Å². The molecular weight excluding hydrogens is 510 g/mol. The minimum Gasteiger partial charge on any atom is -0.370 e. The maximum Gasteiger partial charge on any atom is 0.251 e. The van der Waals surface area contributed by atoms with Crippen LogP contribution >= 0.6 is 0 Å². The Morgan fingerprint density at radius 1 is 0.947 bits per heavy atom. The van der Waals surface area contributed by atoms with E-state index in [1.807, 2.05) is 36.2 Å². The third-order valence-electron chi connectivity index (χ3n) is 8.03. The number of nitrogens with one attached hydrogen (secondary N) is 1. The second-order valence-corrected chi connectivity index (χ2v) is 12.1. The van der Waals surface area contributed by atoms with Crippen LogP contribution in [0.25, 0.3) is 17.1 Å². The number of anilines is 3. The lowest BCUT2D eigenvalue weighted by Gasteiger charge is -2.35. The average Bonchev–Trinajstić information content (AvgIpc) is 3.49. The summed E-state index contributed by atoms with van der Waals surface area (Å²) in [4.78, 5) is 13.2. The fourth-order valence-electron chi connectivity index (χ4n) is 5.33. The van der Waals surface area contributed by atoms with Gasteiger partial charge in [0.1, 0.15) is 28.2 Å². The van der Waals surface area contributed by atoms with E-state index >= 15 is 0 Å². The quantitative estimate of drug-likeness (QED) is 0.472. The lowest BCUT2D eigenvalue weighted by Crippen LogP contribution is -2.39. The van der Waals surface area contributed by atoms with E-state index in [0.29, 0.717) is 28.4 Å². The van der Waals surface area contributed by atoms with Gasteiger partial charge in [-0.2, -0.15) is 0 Å². The zero-order valence-electron chi connectivity index (χ0n) is 21.4. The van der Waals surface area contributed by atoms with Gasteiger partial charge in [0.05, 0.1) is 30.0 Å². The molecule has 1 spiro atoms. The second-order valence-electron chi connectivity index (χ2n) is 10.6. The first-order valence-corrected chi connectivity index (χ1v) is 14.6. The van der Waals surface area contributed by atoms with Crippen LogP contribution in [0.15, 0.2) is 36.8 Å². The molecule has 9 nitrogen and oxygen atoms in total. The van der Waals surface area contributed by atoms with Crippen LogP contribution in [-0.4, -0.2) is 67.0 Å². The first-order valence-electron chi connectivity index (χ1n) is 13.3. The largest absolute Gasteiger partial charge is 0.370 e. The molecule has 0 amide bonds. The number of hydrogen-bond donors (Lipinski definition) is 1. The van der Waals surface area contributed by atoms with Gasteiger partial charge in [0, 0.05) is 50.5 Å². The summed E-state index contributed by atoms with van der Waals surface area (Å²) >= 11 is 0. The highest BCUT2D eigenvalue weighted by molar-refractivity contribution is 7.86. The van der Waals surface area contributed by atoms with E-state index in [0.717, 1.165) is 30.2 Å². The van der Waals surface area contributed by atoms with Crippen molar-refractivity contribution in [1.29, 1.82) is 0 Å². The topological polar surface area (TPSA) is 92.1 Å². The normalized spacial score (nSPS) is 20.9. The van der Waals surface area contributed by atoms with Gasteiger partial charge < -0.3 is 14.5 Å². The van der Waals surface area contributed by atoms with Gasteiger partial charge in [-0.3, -0.25) is 4.98 Å². The number of rotatable bonds is 7. The van der Waals surface area contributed by atoms with Crippen LogP contribution in [-0.2, 0) is 11.0 Å². The van der Waals surface area contributed by atoms with E-state index in [1.54, 1.807) is 17.1 Å². The van der Waals surface area contributed by atoms with Crippen molar-refractivity contribution in [2.24, 2.45) is 5.41 Å². The van der Waals surface area contributed by atoms with Crippen molar-refractivity contribution in [2.75, 3.05) is 46.5 Å². The van der Waals surface area contributed by atoms with Crippen LogP contribution in [0.2, 0.25) is 0 Å². The summed E-state index contributed by atoms with van der Waals surface area (Å²) in [6.07, 6.45) is 9.68. The minimum absolute atomic E-state index is 0.188. The van der Waals surface area contributed by atoms with Crippen molar-refractivity contribution >= 4 is 28.2 Å². The second kappa shape index (κ2) is 9.87. The number of hydrogen-bond acceptors (Lipinski definition) is 7. The van der Waals surface area contributed by atoms with E-state index in [2.05, 4.69) is 29.9 Å². The molecule has 6 rings (SSSR count). The molecule has 4 heterocycles. The van der Waals surface area contributed by atoms with Crippen molar-refractivity contribution < 1.29 is 13.0 Å². The van der Waals surface area contributed by atoms with E-state index < -0.39 is 16.9 Å². The number of halogens is 2. The van der Waals surface area contributed by atoms with Gasteiger partial charge >= 0.3 is 0 Å². The van der Waals surface area contributed by atoms with Crippen LogP contribution < -0.4 is 14.5 Å². The molecule has 3 aliphatic rings. The van der Waals surface area contributed by atoms with Gasteiger partial charge in [0.15, 0.2) is 0 Å². The fraction of sp³-hybridized carbons (Fsp3) is 0.538. The molecule has 202 valence electrons. The Morgan fingerprint density at radius 3 is 2.39 bits per heavy atom. The molecule has 2 aromatic heterocycles. The summed E-state index contributed by atoms with van der Waals surface area (Å²) in [5, 5.41) is 8.77. The van der Waals surface area contributed by atoms with Crippen molar-refractivity contribution in [3.8, 4) is 17.1 Å². The molecule has 12 heteroatoms. The molecular formula is C26H32F2N8OS. The molecule has 1 saturated carbocycles. The molecule has 1 unspecified atom stereocenters. The van der Waals surface area contributed by atoms with Crippen molar-refractivity contribution in [3.63, 3.8) is 0 Å². The summed E-state index contributed by atoms with van der Waals surface area (Å²) < 4.78 is 44.2. The molecule has 1 aliphatic carbocycles. The van der Waals surface area contributed by atoms with E-state index in [1.165, 1.54) is 25.7 Å². The summed E-state index contributed by atoms with van der Waals surface area (Å²) in [5.41, 5.74) is 4.34. The zero-order chi connectivity index (χ0) is 26.3.